The van der Waals surface area contributed by atoms with Crippen LogP contribution in [0.1, 0.15) is 6.92 Å². The van der Waals surface area contributed by atoms with Gasteiger partial charge in [0.2, 0.25) is 0 Å². The first-order chi connectivity index (χ1) is 6.70. The zero-order valence-corrected chi connectivity index (χ0v) is 8.39. The quantitative estimate of drug-likeness (QED) is 0.401. The molecule has 0 aliphatic rings. The summed E-state index contributed by atoms with van der Waals surface area (Å²) in [6.07, 6.45) is -0.281. The normalized spacial score (nSPS) is 12.4. The van der Waals surface area contributed by atoms with E-state index in [1.807, 2.05) is 0 Å². The van der Waals surface area contributed by atoms with Gasteiger partial charge in [0.15, 0.2) is 12.5 Å². The van der Waals surface area contributed by atoms with Crippen molar-refractivity contribution in [2.75, 3.05) is 33.7 Å². The molecule has 0 radical (unpaired) electrons. The topological polar surface area (TPSA) is 74.2 Å². The average Bonchev–Trinajstić information content (AvgIpc) is 2.15. The van der Waals surface area contributed by atoms with Crippen molar-refractivity contribution < 1.29 is 19.0 Å². The highest BCUT2D eigenvalue weighted by molar-refractivity contribution is 5.76. The van der Waals surface area contributed by atoms with Crippen LogP contribution in [0.2, 0.25) is 0 Å². The van der Waals surface area contributed by atoms with Crippen molar-refractivity contribution >= 4 is 5.78 Å². The van der Waals surface area contributed by atoms with Crippen LogP contribution >= 0.6 is 0 Å². The summed E-state index contributed by atoms with van der Waals surface area (Å²) >= 11 is 0. The summed E-state index contributed by atoms with van der Waals surface area (Å²) in [5, 5.41) is 2.53. The van der Waals surface area contributed by atoms with Crippen molar-refractivity contribution in [2.24, 2.45) is 5.18 Å². The maximum atomic E-state index is 10.5. The second-order valence-electron chi connectivity index (χ2n) is 2.70. The van der Waals surface area contributed by atoms with Gasteiger partial charge in [0.25, 0.3) is 0 Å². The molecule has 0 aromatic heterocycles. The number of carbonyl (C=O) groups is 1. The van der Waals surface area contributed by atoms with Crippen LogP contribution in [0.3, 0.4) is 0 Å². The van der Waals surface area contributed by atoms with Gasteiger partial charge in [0, 0.05) is 7.11 Å². The Kier molecular flexibility index (Phi) is 8.20. The number of methoxy groups -OCH3 is 1. The molecule has 6 heteroatoms. The van der Waals surface area contributed by atoms with Gasteiger partial charge in [-0.1, -0.05) is 0 Å². The molecule has 0 N–H and O–H groups in total. The first kappa shape index (κ1) is 13.2. The van der Waals surface area contributed by atoms with E-state index in [9.17, 15) is 9.70 Å². The molecular weight excluding hydrogens is 190 g/mol. The van der Waals surface area contributed by atoms with Crippen molar-refractivity contribution in [1.82, 2.24) is 0 Å². The van der Waals surface area contributed by atoms with Crippen LogP contribution in [0.25, 0.3) is 0 Å². The first-order valence-corrected chi connectivity index (χ1v) is 4.17. The van der Waals surface area contributed by atoms with Gasteiger partial charge >= 0.3 is 0 Å². The fraction of sp³-hybridized carbons (Fsp3) is 0.875. The maximum absolute atomic E-state index is 10.5. The molecule has 0 aliphatic carbocycles. The van der Waals surface area contributed by atoms with E-state index in [-0.39, 0.29) is 38.4 Å². The number of nitrogens with zero attached hydrogens (tertiary/aromatic N) is 1. The van der Waals surface area contributed by atoms with Crippen molar-refractivity contribution in [3.05, 3.63) is 4.91 Å². The number of hydrogen-bond donors (Lipinski definition) is 0. The van der Waals surface area contributed by atoms with Gasteiger partial charge in [0.05, 0.1) is 13.2 Å². The summed E-state index contributed by atoms with van der Waals surface area (Å²) < 4.78 is 14.8. The van der Waals surface area contributed by atoms with Gasteiger partial charge in [-0.3, -0.25) is 4.79 Å². The third-order valence-corrected chi connectivity index (χ3v) is 1.39. The van der Waals surface area contributed by atoms with E-state index in [4.69, 9.17) is 14.2 Å². The van der Waals surface area contributed by atoms with Crippen LogP contribution in [0.4, 0.5) is 0 Å². The van der Waals surface area contributed by atoms with Crippen molar-refractivity contribution in [3.8, 4) is 0 Å². The molecule has 0 saturated carbocycles. The van der Waals surface area contributed by atoms with E-state index in [0.717, 1.165) is 0 Å². The molecule has 0 spiro atoms. The Labute approximate surface area is 82.5 Å². The Hall–Kier alpha value is -0.850. The average molecular weight is 205 g/mol. The number of carbonyl (C=O) groups excluding carboxylic acids is 1. The van der Waals surface area contributed by atoms with E-state index in [2.05, 4.69) is 5.18 Å². The number of nitroso groups, excluding NO2 is 1. The maximum Gasteiger partial charge on any atom is 0.179 e. The Morgan fingerprint density at radius 1 is 1.36 bits per heavy atom. The Balaban J connectivity index is 3.47. The summed E-state index contributed by atoms with van der Waals surface area (Å²) in [6, 6.07) is 0. The molecule has 0 heterocycles. The van der Waals surface area contributed by atoms with Gasteiger partial charge < -0.3 is 14.2 Å². The van der Waals surface area contributed by atoms with Crippen LogP contribution in [0.5, 0.6) is 0 Å². The minimum Gasteiger partial charge on any atom is -0.377 e. The second-order valence-corrected chi connectivity index (χ2v) is 2.70. The van der Waals surface area contributed by atoms with Crippen molar-refractivity contribution in [3.63, 3.8) is 0 Å². The monoisotopic (exact) mass is 205 g/mol. The van der Waals surface area contributed by atoms with E-state index < -0.39 is 0 Å². The molecule has 0 fully saturated rings. The molecule has 0 bridgehead atoms. The predicted octanol–water partition coefficient (Wildman–Crippen LogP) is 0.347. The fourth-order valence-corrected chi connectivity index (χ4v) is 0.740. The molecule has 14 heavy (non-hydrogen) atoms. The molecule has 0 saturated heterocycles. The molecule has 82 valence electrons. The highest BCUT2D eigenvalue weighted by atomic mass is 16.6. The summed E-state index contributed by atoms with van der Waals surface area (Å²) in [5.41, 5.74) is 0. The molecule has 1 atom stereocenters. The Bertz CT molecular complexity index is 173. The van der Waals surface area contributed by atoms with Gasteiger partial charge in [-0.05, 0) is 12.1 Å². The van der Waals surface area contributed by atoms with Crippen LogP contribution < -0.4 is 0 Å². The molecule has 6 nitrogen and oxygen atoms in total. The molecule has 0 aromatic carbocycles. The summed E-state index contributed by atoms with van der Waals surface area (Å²) in [5.74, 6) is -0.0460. The number of ether oxygens (including phenoxy) is 3. The molecule has 0 aliphatic heterocycles. The van der Waals surface area contributed by atoms with Crippen LogP contribution in [0.15, 0.2) is 5.18 Å². The molecule has 1 unspecified atom stereocenters. The van der Waals surface area contributed by atoms with E-state index in [1.165, 1.54) is 14.0 Å². The lowest BCUT2D eigenvalue weighted by atomic mass is 10.4. The van der Waals surface area contributed by atoms with Crippen LogP contribution in [-0.4, -0.2) is 45.5 Å². The van der Waals surface area contributed by atoms with E-state index in [1.54, 1.807) is 0 Å². The second kappa shape index (κ2) is 8.74. The van der Waals surface area contributed by atoms with Gasteiger partial charge in [-0.25, -0.2) is 0 Å². The zero-order chi connectivity index (χ0) is 10.8. The lowest BCUT2D eigenvalue weighted by Gasteiger charge is -2.13. The lowest BCUT2D eigenvalue weighted by molar-refractivity contribution is -0.123. The Morgan fingerprint density at radius 3 is 2.50 bits per heavy atom. The largest absolute Gasteiger partial charge is 0.377 e. The number of hydrogen-bond acceptors (Lipinski definition) is 6. The van der Waals surface area contributed by atoms with Gasteiger partial charge in [-0.2, -0.15) is 0 Å². The van der Waals surface area contributed by atoms with E-state index in [0.29, 0.717) is 0 Å². The zero-order valence-electron chi connectivity index (χ0n) is 8.39. The third kappa shape index (κ3) is 7.78. The number of rotatable bonds is 9. The highest BCUT2D eigenvalue weighted by Crippen LogP contribution is 1.93. The summed E-state index contributed by atoms with van der Waals surface area (Å²) in [4.78, 5) is 20.2. The fourth-order valence-electron chi connectivity index (χ4n) is 0.740. The minimum atomic E-state index is -0.281. The standard InChI is InChI=1S/C8H15NO5/c1-7(10)3-13-4-8(12-2)5-14-6-9-11/h8H,3-6H2,1-2H3. The lowest BCUT2D eigenvalue weighted by Crippen LogP contribution is -2.25. The molecule has 0 amide bonds. The number of ketones is 1. The summed E-state index contributed by atoms with van der Waals surface area (Å²) in [6.45, 7) is 1.78. The minimum absolute atomic E-state index is 0.0460. The van der Waals surface area contributed by atoms with Gasteiger partial charge in [-0.15, -0.1) is 4.91 Å². The third-order valence-electron chi connectivity index (χ3n) is 1.39. The predicted molar refractivity (Wildman–Crippen MR) is 48.9 cm³/mol. The van der Waals surface area contributed by atoms with Crippen LogP contribution in [0, 0.1) is 4.91 Å². The highest BCUT2D eigenvalue weighted by Gasteiger charge is 2.08. The van der Waals surface area contributed by atoms with Crippen molar-refractivity contribution in [2.45, 2.75) is 13.0 Å². The van der Waals surface area contributed by atoms with E-state index >= 15 is 0 Å². The smallest absolute Gasteiger partial charge is 0.179 e. The molecule has 0 rings (SSSR count). The van der Waals surface area contributed by atoms with Crippen molar-refractivity contribution in [1.29, 1.82) is 0 Å². The van der Waals surface area contributed by atoms with Crippen LogP contribution in [-0.2, 0) is 19.0 Å². The van der Waals surface area contributed by atoms with Gasteiger partial charge in [0.1, 0.15) is 12.7 Å². The first-order valence-electron chi connectivity index (χ1n) is 4.17. The SMILES string of the molecule is COC(COCN=O)COCC(C)=O. The number of Topliss-reactive ketones (excluding diaryl/α,β-unsaturated/α-hetero) is 1. The summed E-state index contributed by atoms with van der Waals surface area (Å²) in [7, 11) is 1.50. The Morgan fingerprint density at radius 2 is 2.00 bits per heavy atom. The molecule has 0 aromatic rings. The molecular formula is C8H15NO5.